The van der Waals surface area contributed by atoms with Gasteiger partial charge in [0.15, 0.2) is 11.0 Å². The number of nitrogens with one attached hydrogen (secondary N) is 1. The number of nitrogens with zero attached hydrogens (tertiary/aromatic N) is 3. The van der Waals surface area contributed by atoms with Gasteiger partial charge in [-0.15, -0.1) is 0 Å². The number of hydrogen-bond donors (Lipinski definition) is 1. The van der Waals surface area contributed by atoms with Crippen LogP contribution in [0, 0.1) is 6.92 Å². The third-order valence-corrected chi connectivity index (χ3v) is 6.23. The zero-order valence-electron chi connectivity index (χ0n) is 14.9. The Morgan fingerprint density at radius 3 is 2.85 bits per heavy atom. The van der Waals surface area contributed by atoms with Gasteiger partial charge in [0.25, 0.3) is 5.91 Å². The Balaban J connectivity index is 1.65. The first-order valence-corrected chi connectivity index (χ1v) is 9.87. The Bertz CT molecular complexity index is 1150. The first kappa shape index (κ1) is 17.7. The maximum absolute atomic E-state index is 12.3. The first-order chi connectivity index (χ1) is 12.9. The molecule has 1 aliphatic rings. The third kappa shape index (κ3) is 3.33. The van der Waals surface area contributed by atoms with E-state index in [1.165, 1.54) is 30.0 Å². The van der Waals surface area contributed by atoms with Crippen molar-refractivity contribution in [3.63, 3.8) is 0 Å². The summed E-state index contributed by atoms with van der Waals surface area (Å²) >= 11 is 2.50. The van der Waals surface area contributed by atoms with Crippen LogP contribution >= 0.6 is 23.1 Å². The van der Waals surface area contributed by atoms with Gasteiger partial charge in [-0.1, -0.05) is 29.5 Å². The minimum Gasteiger partial charge on any atom is -0.350 e. The lowest BCUT2D eigenvalue weighted by Crippen LogP contribution is -2.19. The minimum absolute atomic E-state index is 0.0314. The smallest absolute Gasteiger partial charge is 0.264 e. The number of aryl methyl sites for hydroxylation is 2. The van der Waals surface area contributed by atoms with Crippen molar-refractivity contribution in [1.29, 1.82) is 0 Å². The molecular formula is C19H16N4O2S2. The second-order valence-electron chi connectivity index (χ2n) is 6.16. The van der Waals surface area contributed by atoms with Gasteiger partial charge >= 0.3 is 0 Å². The molecule has 0 saturated carbocycles. The molecule has 0 atom stereocenters. The van der Waals surface area contributed by atoms with Crippen molar-refractivity contribution in [2.45, 2.75) is 13.8 Å². The number of amides is 1. The number of aliphatic imine (C=N–C) groups is 1. The molecule has 1 saturated heterocycles. The molecule has 4 rings (SSSR count). The molecule has 6 nitrogen and oxygen atoms in total. The van der Waals surface area contributed by atoms with Crippen molar-refractivity contribution >= 4 is 62.1 Å². The zero-order chi connectivity index (χ0) is 19.1. The molecule has 3 heterocycles. The molecule has 1 aromatic carbocycles. The van der Waals surface area contributed by atoms with E-state index in [-0.39, 0.29) is 11.7 Å². The van der Waals surface area contributed by atoms with Gasteiger partial charge < -0.3 is 9.88 Å². The summed E-state index contributed by atoms with van der Waals surface area (Å²) in [4.78, 5) is 33.8. The molecule has 1 fully saturated rings. The highest BCUT2D eigenvalue weighted by Gasteiger charge is 2.25. The van der Waals surface area contributed by atoms with Crippen LogP contribution in [0.3, 0.4) is 0 Å². The highest BCUT2D eigenvalue weighted by molar-refractivity contribution is 8.18. The van der Waals surface area contributed by atoms with E-state index < -0.39 is 0 Å². The molecule has 1 amide bonds. The minimum atomic E-state index is -0.188. The van der Waals surface area contributed by atoms with Gasteiger partial charge in [0.05, 0.1) is 15.5 Å². The molecule has 27 heavy (non-hydrogen) atoms. The topological polar surface area (TPSA) is 76.3 Å². The summed E-state index contributed by atoms with van der Waals surface area (Å²) in [6, 6.07) is 8.06. The van der Waals surface area contributed by atoms with Crippen molar-refractivity contribution in [3.8, 4) is 0 Å². The number of fused-ring (bicyclic) bond motifs is 1. The number of rotatable bonds is 3. The Labute approximate surface area is 164 Å². The summed E-state index contributed by atoms with van der Waals surface area (Å²) in [6.45, 7) is 3.29. The van der Waals surface area contributed by atoms with Crippen LogP contribution in [0.5, 0.6) is 0 Å². The molecule has 1 N–H and O–H groups in total. The average molecular weight is 396 g/mol. The largest absolute Gasteiger partial charge is 0.350 e. The number of Topliss-reactive ketones (excluding diaryl/α,β-unsaturated/α-hetero) is 1. The lowest BCUT2D eigenvalue weighted by atomic mass is 10.1. The lowest BCUT2D eigenvalue weighted by molar-refractivity contribution is -0.115. The fourth-order valence-corrected chi connectivity index (χ4v) is 4.66. The van der Waals surface area contributed by atoms with Crippen LogP contribution in [-0.4, -0.2) is 26.4 Å². The van der Waals surface area contributed by atoms with Gasteiger partial charge in [-0.3, -0.25) is 9.59 Å². The maximum atomic E-state index is 12.3. The highest BCUT2D eigenvalue weighted by atomic mass is 32.2. The predicted molar refractivity (Wildman–Crippen MR) is 111 cm³/mol. The van der Waals surface area contributed by atoms with E-state index in [0.29, 0.717) is 25.8 Å². The fourth-order valence-electron chi connectivity index (χ4n) is 2.95. The van der Waals surface area contributed by atoms with E-state index in [9.17, 15) is 9.59 Å². The van der Waals surface area contributed by atoms with Crippen LogP contribution in [0.25, 0.3) is 17.0 Å². The second-order valence-corrected chi connectivity index (χ2v) is 8.17. The van der Waals surface area contributed by atoms with Gasteiger partial charge in [-0.2, -0.15) is 4.99 Å². The van der Waals surface area contributed by atoms with E-state index in [0.717, 1.165) is 16.5 Å². The summed E-state index contributed by atoms with van der Waals surface area (Å²) in [5.41, 5.74) is 2.75. The van der Waals surface area contributed by atoms with Crippen LogP contribution in [0.15, 0.2) is 40.4 Å². The van der Waals surface area contributed by atoms with Crippen molar-refractivity contribution < 1.29 is 9.59 Å². The molecule has 8 heteroatoms. The lowest BCUT2D eigenvalue weighted by Gasteiger charge is -1.93. The third-order valence-electron chi connectivity index (χ3n) is 4.17. The number of benzene rings is 1. The SMILES string of the molecule is CC(=O)c1sc(N=C2NC(=O)/C(=C/c3cn(C)c4ccccc34)S2)nc1C. The monoisotopic (exact) mass is 396 g/mol. The van der Waals surface area contributed by atoms with E-state index in [2.05, 4.69) is 15.3 Å². The van der Waals surface area contributed by atoms with Crippen LogP contribution in [0.2, 0.25) is 0 Å². The summed E-state index contributed by atoms with van der Waals surface area (Å²) < 4.78 is 2.04. The molecule has 0 aliphatic carbocycles. The van der Waals surface area contributed by atoms with E-state index in [1.807, 2.05) is 48.2 Å². The summed E-state index contributed by atoms with van der Waals surface area (Å²) in [7, 11) is 1.98. The zero-order valence-corrected chi connectivity index (χ0v) is 16.6. The number of thioether (sulfide) groups is 1. The molecule has 0 radical (unpaired) electrons. The molecule has 0 spiro atoms. The fraction of sp³-hybridized carbons (Fsp3) is 0.158. The number of hydrogen-bond acceptors (Lipinski definition) is 6. The quantitative estimate of drug-likeness (QED) is 0.535. The predicted octanol–water partition coefficient (Wildman–Crippen LogP) is 4.04. The number of amidine groups is 1. The highest BCUT2D eigenvalue weighted by Crippen LogP contribution is 2.32. The maximum Gasteiger partial charge on any atom is 0.264 e. The van der Waals surface area contributed by atoms with Crippen LogP contribution < -0.4 is 5.32 Å². The van der Waals surface area contributed by atoms with Crippen molar-refractivity contribution in [2.24, 2.45) is 12.0 Å². The van der Waals surface area contributed by atoms with Crippen LogP contribution in [0.4, 0.5) is 5.13 Å². The van der Waals surface area contributed by atoms with E-state index >= 15 is 0 Å². The number of para-hydroxylation sites is 1. The first-order valence-electron chi connectivity index (χ1n) is 8.24. The summed E-state index contributed by atoms with van der Waals surface area (Å²) in [6.07, 6.45) is 3.88. The van der Waals surface area contributed by atoms with Crippen molar-refractivity contribution in [1.82, 2.24) is 14.9 Å². The average Bonchev–Trinajstić information content (AvgIpc) is 3.26. The number of aromatic nitrogens is 2. The second kappa shape index (κ2) is 6.79. The normalized spacial score (nSPS) is 17.2. The van der Waals surface area contributed by atoms with Gasteiger partial charge in [0, 0.05) is 36.6 Å². The summed E-state index contributed by atoms with van der Waals surface area (Å²) in [5.74, 6) is -0.220. The van der Waals surface area contributed by atoms with Gasteiger partial charge in [-0.05, 0) is 30.8 Å². The molecule has 0 unspecified atom stereocenters. The number of carbonyl (C=O) groups excluding carboxylic acids is 2. The van der Waals surface area contributed by atoms with Crippen molar-refractivity contribution in [3.05, 3.63) is 51.5 Å². The number of thiazole rings is 1. The van der Waals surface area contributed by atoms with Gasteiger partial charge in [0.1, 0.15) is 0 Å². The van der Waals surface area contributed by atoms with Crippen LogP contribution in [0.1, 0.15) is 27.9 Å². The van der Waals surface area contributed by atoms with E-state index in [1.54, 1.807) is 6.92 Å². The van der Waals surface area contributed by atoms with Crippen LogP contribution in [-0.2, 0) is 11.8 Å². The number of carbonyl (C=O) groups is 2. The van der Waals surface area contributed by atoms with Crippen molar-refractivity contribution in [2.75, 3.05) is 0 Å². The Kier molecular flexibility index (Phi) is 4.45. The Morgan fingerprint density at radius 2 is 2.11 bits per heavy atom. The van der Waals surface area contributed by atoms with Gasteiger partial charge in [-0.25, -0.2) is 4.98 Å². The molecule has 2 aromatic heterocycles. The Hall–Kier alpha value is -2.71. The number of ketones is 1. The summed E-state index contributed by atoms with van der Waals surface area (Å²) in [5, 5.41) is 4.79. The van der Waals surface area contributed by atoms with Gasteiger partial charge in [0.2, 0.25) is 5.13 Å². The standard InChI is InChI=1S/C19H16N4O2S2/c1-10-16(11(2)24)27-18(20-10)22-19-21-17(25)15(26-19)8-12-9-23(3)14-7-5-4-6-13(12)14/h4-9H,1-3H3,(H,20,21,22,25)/b15-8-. The molecule has 1 aliphatic heterocycles. The van der Waals surface area contributed by atoms with E-state index in [4.69, 9.17) is 0 Å². The molecule has 3 aromatic rings. The molecule has 0 bridgehead atoms. The molecule has 136 valence electrons. The molecular weight excluding hydrogens is 380 g/mol. The Morgan fingerprint density at radius 1 is 1.33 bits per heavy atom.